The predicted molar refractivity (Wildman–Crippen MR) is 105 cm³/mol. The van der Waals surface area contributed by atoms with Crippen molar-refractivity contribution in [2.45, 2.75) is 37.6 Å². The molecular formula is C18H20F3N5O3S. The third-order valence-electron chi connectivity index (χ3n) is 5.08. The fourth-order valence-corrected chi connectivity index (χ4v) is 4.74. The lowest BCUT2D eigenvalue weighted by atomic mass is 9.92. The van der Waals surface area contributed by atoms with E-state index < -0.39 is 44.1 Å². The van der Waals surface area contributed by atoms with E-state index in [1.54, 1.807) is 0 Å². The first-order valence-electron chi connectivity index (χ1n) is 8.80. The second-order valence-corrected chi connectivity index (χ2v) is 10.2. The first-order chi connectivity index (χ1) is 13.8. The molecule has 2 heterocycles. The molecule has 8 nitrogen and oxygen atoms in total. The van der Waals surface area contributed by atoms with Gasteiger partial charge >= 0.3 is 6.55 Å². The molecule has 0 saturated heterocycles. The highest BCUT2D eigenvalue weighted by atomic mass is 32.2. The van der Waals surface area contributed by atoms with Gasteiger partial charge in [0.15, 0.2) is 15.5 Å². The third-order valence-corrected chi connectivity index (χ3v) is 7.78. The summed E-state index contributed by atoms with van der Waals surface area (Å²) in [7, 11) is -3.76. The molecule has 0 saturated carbocycles. The Labute approximate surface area is 170 Å². The van der Waals surface area contributed by atoms with Gasteiger partial charge in [-0.2, -0.15) is 13.9 Å². The van der Waals surface area contributed by atoms with Crippen LogP contribution in [0.1, 0.15) is 43.4 Å². The number of nitrogens with one attached hydrogen (secondary N) is 1. The Hall–Kier alpha value is -2.89. The van der Waals surface area contributed by atoms with E-state index in [-0.39, 0.29) is 22.8 Å². The van der Waals surface area contributed by atoms with Gasteiger partial charge in [0.1, 0.15) is 21.9 Å². The Morgan fingerprint density at radius 2 is 1.93 bits per heavy atom. The Kier molecular flexibility index (Phi) is 5.17. The van der Waals surface area contributed by atoms with Crippen molar-refractivity contribution in [1.29, 1.82) is 0 Å². The van der Waals surface area contributed by atoms with Gasteiger partial charge in [-0.25, -0.2) is 17.5 Å². The number of sulfone groups is 1. The quantitative estimate of drug-likeness (QED) is 0.752. The van der Waals surface area contributed by atoms with Crippen LogP contribution in [-0.4, -0.2) is 40.4 Å². The standard InChI is InChI=1S/C18H20F3N5O3S/c1-17(2)15(22)24-18(3,9-30(17,28)29)11-8-10(4-5-12(11)19)23-14(27)13-6-7-26(25-13)16(20)21/h4-8,16H,9H2,1-3H3,(H2,22,24)(H,23,27). The lowest BCUT2D eigenvalue weighted by Crippen LogP contribution is -2.55. The topological polar surface area (TPSA) is 119 Å². The van der Waals surface area contributed by atoms with Crippen LogP contribution in [0.3, 0.4) is 0 Å². The molecule has 12 heteroatoms. The van der Waals surface area contributed by atoms with Gasteiger partial charge in [0.05, 0.1) is 5.75 Å². The number of aliphatic imine (C=N–C) groups is 1. The number of benzene rings is 1. The van der Waals surface area contributed by atoms with E-state index in [4.69, 9.17) is 5.73 Å². The van der Waals surface area contributed by atoms with Crippen molar-refractivity contribution in [2.75, 3.05) is 11.1 Å². The van der Waals surface area contributed by atoms with Gasteiger partial charge in [0.2, 0.25) is 0 Å². The molecule has 0 radical (unpaired) electrons. The highest BCUT2D eigenvalue weighted by Gasteiger charge is 2.49. The Bertz CT molecular complexity index is 1140. The van der Waals surface area contributed by atoms with E-state index in [9.17, 15) is 26.4 Å². The minimum atomic E-state index is -3.76. The van der Waals surface area contributed by atoms with Crippen molar-refractivity contribution in [3.63, 3.8) is 0 Å². The van der Waals surface area contributed by atoms with Gasteiger partial charge in [0.25, 0.3) is 5.91 Å². The van der Waals surface area contributed by atoms with Gasteiger partial charge in [-0.3, -0.25) is 9.79 Å². The van der Waals surface area contributed by atoms with E-state index in [0.29, 0.717) is 4.68 Å². The summed E-state index contributed by atoms with van der Waals surface area (Å²) in [6.45, 7) is 1.38. The highest BCUT2D eigenvalue weighted by Crippen LogP contribution is 2.38. The largest absolute Gasteiger partial charge is 0.386 e. The number of nitrogens with two attached hydrogens (primary N) is 1. The smallest absolute Gasteiger partial charge is 0.333 e. The van der Waals surface area contributed by atoms with E-state index in [0.717, 1.165) is 18.3 Å². The maximum Gasteiger partial charge on any atom is 0.333 e. The van der Waals surface area contributed by atoms with E-state index in [1.165, 1.54) is 32.9 Å². The molecule has 1 aliphatic rings. The van der Waals surface area contributed by atoms with Crippen molar-refractivity contribution in [3.05, 3.63) is 47.5 Å². The lowest BCUT2D eigenvalue weighted by Gasteiger charge is -2.38. The summed E-state index contributed by atoms with van der Waals surface area (Å²) in [6.07, 6.45) is 0.947. The van der Waals surface area contributed by atoms with Crippen LogP contribution in [0.15, 0.2) is 35.5 Å². The van der Waals surface area contributed by atoms with Crippen LogP contribution < -0.4 is 11.1 Å². The molecule has 1 unspecified atom stereocenters. The fourth-order valence-electron chi connectivity index (χ4n) is 3.06. The average Bonchev–Trinajstić information content (AvgIpc) is 3.12. The lowest BCUT2D eigenvalue weighted by molar-refractivity contribution is 0.0561. The van der Waals surface area contributed by atoms with Gasteiger partial charge in [-0.05, 0) is 45.0 Å². The number of amides is 1. The van der Waals surface area contributed by atoms with Crippen LogP contribution in [0, 0.1) is 5.82 Å². The summed E-state index contributed by atoms with van der Waals surface area (Å²) in [5.74, 6) is -2.16. The summed E-state index contributed by atoms with van der Waals surface area (Å²) in [6, 6.07) is 4.64. The number of halogens is 3. The number of nitrogens with zero attached hydrogens (tertiary/aromatic N) is 3. The van der Waals surface area contributed by atoms with Crippen LogP contribution in [0.2, 0.25) is 0 Å². The van der Waals surface area contributed by atoms with Crippen LogP contribution in [0.4, 0.5) is 18.9 Å². The second kappa shape index (κ2) is 7.11. The number of amidine groups is 1. The van der Waals surface area contributed by atoms with Crippen LogP contribution in [-0.2, 0) is 15.4 Å². The Balaban J connectivity index is 1.96. The number of carbonyl (C=O) groups is 1. The number of anilines is 1. The van der Waals surface area contributed by atoms with Crippen molar-refractivity contribution in [2.24, 2.45) is 10.7 Å². The molecule has 0 fully saturated rings. The average molecular weight is 443 g/mol. The maximum atomic E-state index is 14.6. The molecule has 0 bridgehead atoms. The Morgan fingerprint density at radius 1 is 1.27 bits per heavy atom. The Morgan fingerprint density at radius 3 is 2.50 bits per heavy atom. The molecule has 3 rings (SSSR count). The molecule has 2 aromatic rings. The number of hydrogen-bond donors (Lipinski definition) is 2. The van der Waals surface area contributed by atoms with Gasteiger partial charge < -0.3 is 11.1 Å². The summed E-state index contributed by atoms with van der Waals surface area (Å²) < 4.78 is 64.2. The molecule has 1 aromatic heterocycles. The summed E-state index contributed by atoms with van der Waals surface area (Å²) >= 11 is 0. The van der Waals surface area contributed by atoms with E-state index in [2.05, 4.69) is 15.4 Å². The normalized spacial score (nSPS) is 22.6. The number of rotatable bonds is 4. The minimum Gasteiger partial charge on any atom is -0.386 e. The zero-order valence-electron chi connectivity index (χ0n) is 16.4. The molecule has 1 amide bonds. The number of hydrogen-bond acceptors (Lipinski definition) is 6. The molecule has 1 aliphatic heterocycles. The zero-order chi connectivity index (χ0) is 22.5. The maximum absolute atomic E-state index is 14.6. The molecule has 30 heavy (non-hydrogen) atoms. The van der Waals surface area contributed by atoms with E-state index in [1.807, 2.05) is 0 Å². The van der Waals surface area contributed by atoms with Crippen molar-refractivity contribution >= 4 is 27.3 Å². The molecular weight excluding hydrogens is 423 g/mol. The van der Waals surface area contributed by atoms with Crippen LogP contribution in [0.5, 0.6) is 0 Å². The number of aromatic nitrogens is 2. The third kappa shape index (κ3) is 3.66. The van der Waals surface area contributed by atoms with Gasteiger partial charge in [-0.15, -0.1) is 0 Å². The van der Waals surface area contributed by atoms with Crippen molar-refractivity contribution in [3.8, 4) is 0 Å². The monoisotopic (exact) mass is 443 g/mol. The second-order valence-electron chi connectivity index (χ2n) is 7.65. The SMILES string of the molecule is CC1(c2cc(NC(=O)c3ccn(C(F)F)n3)ccc2F)CS(=O)(=O)C(C)(C)C(N)=N1. The van der Waals surface area contributed by atoms with Crippen molar-refractivity contribution < 1.29 is 26.4 Å². The number of alkyl halides is 2. The minimum absolute atomic E-state index is 0.0829. The van der Waals surface area contributed by atoms with Crippen LogP contribution in [0.25, 0.3) is 0 Å². The molecule has 1 aromatic carbocycles. The zero-order valence-corrected chi connectivity index (χ0v) is 17.2. The summed E-state index contributed by atoms with van der Waals surface area (Å²) in [4.78, 5) is 16.5. The van der Waals surface area contributed by atoms with E-state index >= 15 is 0 Å². The van der Waals surface area contributed by atoms with Gasteiger partial charge in [0, 0.05) is 17.4 Å². The fraction of sp³-hybridized carbons (Fsp3) is 0.389. The highest BCUT2D eigenvalue weighted by molar-refractivity contribution is 7.93. The molecule has 0 spiro atoms. The van der Waals surface area contributed by atoms with Crippen molar-refractivity contribution in [1.82, 2.24) is 9.78 Å². The number of carbonyl (C=O) groups excluding carboxylic acids is 1. The molecule has 1 atom stereocenters. The molecule has 0 aliphatic carbocycles. The summed E-state index contributed by atoms with van der Waals surface area (Å²) in [5.41, 5.74) is 4.13. The van der Waals surface area contributed by atoms with Crippen LogP contribution >= 0.6 is 0 Å². The molecule has 3 N–H and O–H groups in total. The first-order valence-corrected chi connectivity index (χ1v) is 10.4. The van der Waals surface area contributed by atoms with Gasteiger partial charge in [-0.1, -0.05) is 0 Å². The predicted octanol–water partition coefficient (Wildman–Crippen LogP) is 2.45. The first kappa shape index (κ1) is 21.8. The summed E-state index contributed by atoms with van der Waals surface area (Å²) in [5, 5.41) is 5.88. The molecule has 162 valence electrons.